The molecule has 0 bridgehead atoms. The molecule has 0 aliphatic heterocycles. The quantitative estimate of drug-likeness (QED) is 0.207. The Hall–Kier alpha value is -2.92. The van der Waals surface area contributed by atoms with Crippen LogP contribution < -0.4 is 14.4 Å². The van der Waals surface area contributed by atoms with Gasteiger partial charge in [0.1, 0.15) is 18.3 Å². The predicted molar refractivity (Wildman–Crippen MR) is 170 cm³/mol. The lowest BCUT2D eigenvalue weighted by Gasteiger charge is -2.33. The van der Waals surface area contributed by atoms with Gasteiger partial charge in [-0.25, -0.2) is 8.42 Å². The molecule has 1 N–H and O–H groups in total. The fourth-order valence-electron chi connectivity index (χ4n) is 4.37. The maximum atomic E-state index is 14.2. The highest BCUT2D eigenvalue weighted by atomic mass is 35.5. The molecule has 3 rings (SSSR count). The van der Waals surface area contributed by atoms with Crippen LogP contribution in [-0.4, -0.2) is 57.1 Å². The number of rotatable bonds is 14. The molecule has 0 aromatic heterocycles. The molecule has 0 aliphatic rings. The van der Waals surface area contributed by atoms with Crippen molar-refractivity contribution < 1.29 is 22.7 Å². The normalized spacial score (nSPS) is 12.0. The SMILES string of the molecule is CCNC(=O)C(CC)N(Cc1ccc(Cl)cc1Cl)C(=O)CN(c1ccccc1OCC)S(=O)(=O)c1ccc(SC)cc1. The zero-order chi connectivity index (χ0) is 30.9. The summed E-state index contributed by atoms with van der Waals surface area (Å²) in [5.41, 5.74) is 0.770. The van der Waals surface area contributed by atoms with Gasteiger partial charge >= 0.3 is 0 Å². The van der Waals surface area contributed by atoms with Crippen LogP contribution in [0.2, 0.25) is 10.0 Å². The lowest BCUT2D eigenvalue weighted by Crippen LogP contribution is -2.52. The Morgan fingerprint density at radius 2 is 1.69 bits per heavy atom. The molecule has 3 aromatic carbocycles. The molecule has 2 amide bonds. The number of hydrogen-bond donors (Lipinski definition) is 1. The average Bonchev–Trinajstić information content (AvgIpc) is 2.97. The van der Waals surface area contributed by atoms with Crippen LogP contribution in [0.4, 0.5) is 5.69 Å². The van der Waals surface area contributed by atoms with Crippen molar-refractivity contribution in [2.24, 2.45) is 0 Å². The van der Waals surface area contributed by atoms with Crippen LogP contribution in [0.15, 0.2) is 76.5 Å². The summed E-state index contributed by atoms with van der Waals surface area (Å²) in [6.07, 6.45) is 2.19. The molecule has 42 heavy (non-hydrogen) atoms. The number of ether oxygens (including phenoxy) is 1. The number of para-hydroxylation sites is 2. The van der Waals surface area contributed by atoms with Gasteiger partial charge in [-0.2, -0.15) is 0 Å². The van der Waals surface area contributed by atoms with E-state index in [0.717, 1.165) is 9.20 Å². The second kappa shape index (κ2) is 15.5. The average molecular weight is 653 g/mol. The number of thioether (sulfide) groups is 1. The Morgan fingerprint density at radius 3 is 2.29 bits per heavy atom. The van der Waals surface area contributed by atoms with Gasteiger partial charge in [0.2, 0.25) is 11.8 Å². The van der Waals surface area contributed by atoms with E-state index in [1.807, 2.05) is 6.26 Å². The second-order valence-electron chi connectivity index (χ2n) is 9.16. The van der Waals surface area contributed by atoms with E-state index in [0.29, 0.717) is 34.3 Å². The Balaban J connectivity index is 2.13. The van der Waals surface area contributed by atoms with Crippen molar-refractivity contribution in [2.45, 2.75) is 49.6 Å². The van der Waals surface area contributed by atoms with Gasteiger partial charge in [0.05, 0.1) is 17.2 Å². The number of halogens is 2. The molecule has 0 spiro atoms. The number of hydrogen-bond acceptors (Lipinski definition) is 6. The molecule has 0 heterocycles. The first-order chi connectivity index (χ1) is 20.1. The van der Waals surface area contributed by atoms with Crippen molar-refractivity contribution in [3.8, 4) is 5.75 Å². The summed E-state index contributed by atoms with van der Waals surface area (Å²) in [5, 5.41) is 3.53. The van der Waals surface area contributed by atoms with Crippen molar-refractivity contribution in [1.82, 2.24) is 10.2 Å². The van der Waals surface area contributed by atoms with E-state index in [9.17, 15) is 18.0 Å². The summed E-state index contributed by atoms with van der Waals surface area (Å²) in [6, 6.07) is 17.1. The van der Waals surface area contributed by atoms with Gasteiger partial charge in [-0.3, -0.25) is 13.9 Å². The molecule has 0 saturated carbocycles. The molecule has 0 aliphatic carbocycles. The summed E-state index contributed by atoms with van der Waals surface area (Å²) < 4.78 is 35.1. The Morgan fingerprint density at radius 1 is 1.00 bits per heavy atom. The maximum Gasteiger partial charge on any atom is 0.264 e. The molecule has 226 valence electrons. The van der Waals surface area contributed by atoms with E-state index in [4.69, 9.17) is 27.9 Å². The zero-order valence-corrected chi connectivity index (χ0v) is 27.1. The van der Waals surface area contributed by atoms with Gasteiger partial charge in [0, 0.05) is 28.0 Å². The number of benzene rings is 3. The van der Waals surface area contributed by atoms with E-state index >= 15 is 0 Å². The highest BCUT2D eigenvalue weighted by Gasteiger charge is 2.35. The first kappa shape index (κ1) is 33.6. The Kier molecular flexibility index (Phi) is 12.4. The summed E-state index contributed by atoms with van der Waals surface area (Å²) in [4.78, 5) is 29.6. The number of nitrogens with zero attached hydrogens (tertiary/aromatic N) is 2. The number of sulfonamides is 1. The number of carbonyl (C=O) groups is 2. The van der Waals surface area contributed by atoms with Crippen LogP contribution in [-0.2, 0) is 26.2 Å². The van der Waals surface area contributed by atoms with E-state index < -0.39 is 28.5 Å². The highest BCUT2D eigenvalue weighted by molar-refractivity contribution is 7.98. The fourth-order valence-corrected chi connectivity index (χ4v) is 6.68. The van der Waals surface area contributed by atoms with Crippen molar-refractivity contribution in [3.05, 3.63) is 82.3 Å². The molecule has 3 aromatic rings. The van der Waals surface area contributed by atoms with Gasteiger partial charge in [-0.15, -0.1) is 11.8 Å². The smallest absolute Gasteiger partial charge is 0.264 e. The number of amides is 2. The second-order valence-corrected chi connectivity index (χ2v) is 12.7. The maximum absolute atomic E-state index is 14.2. The zero-order valence-electron chi connectivity index (χ0n) is 24.0. The first-order valence-electron chi connectivity index (χ1n) is 13.5. The fraction of sp³-hybridized carbons (Fsp3) is 0.333. The third-order valence-electron chi connectivity index (χ3n) is 6.45. The largest absolute Gasteiger partial charge is 0.492 e. The van der Waals surface area contributed by atoms with Gasteiger partial charge < -0.3 is 15.0 Å². The van der Waals surface area contributed by atoms with Crippen molar-refractivity contribution in [1.29, 1.82) is 0 Å². The van der Waals surface area contributed by atoms with Gasteiger partial charge in [-0.1, -0.05) is 48.3 Å². The van der Waals surface area contributed by atoms with Crippen molar-refractivity contribution >= 4 is 62.5 Å². The molecular weight excluding hydrogens is 617 g/mol. The molecular formula is C30H35Cl2N3O5S2. The van der Waals surface area contributed by atoms with Crippen molar-refractivity contribution in [3.63, 3.8) is 0 Å². The lowest BCUT2D eigenvalue weighted by molar-refractivity contribution is -0.140. The molecule has 0 fully saturated rings. The minimum absolute atomic E-state index is 0.0162. The van der Waals surface area contributed by atoms with Crippen LogP contribution in [0.25, 0.3) is 0 Å². The number of carbonyl (C=O) groups excluding carboxylic acids is 2. The van der Waals surface area contributed by atoms with Crippen LogP contribution in [0.1, 0.15) is 32.8 Å². The summed E-state index contributed by atoms with van der Waals surface area (Å²) in [5.74, 6) is -0.634. The minimum Gasteiger partial charge on any atom is -0.492 e. The highest BCUT2D eigenvalue weighted by Crippen LogP contribution is 2.33. The standard InChI is InChI=1S/C30H35Cl2N3O5S2/c1-5-26(30(37)33-6-2)34(19-21-12-13-22(31)18-25(21)32)29(36)20-35(27-10-8-9-11-28(27)40-7-3)42(38,39)24-16-14-23(41-4)15-17-24/h8-18,26H,5-7,19-20H2,1-4H3,(H,33,37). The Bertz CT molecular complexity index is 1490. The van der Waals surface area contributed by atoms with Crippen LogP contribution in [0, 0.1) is 0 Å². The summed E-state index contributed by atoms with van der Waals surface area (Å²) in [7, 11) is -4.25. The monoisotopic (exact) mass is 651 g/mol. The van der Waals surface area contributed by atoms with Crippen molar-refractivity contribution in [2.75, 3.05) is 30.3 Å². The van der Waals surface area contributed by atoms with Crippen LogP contribution >= 0.6 is 35.0 Å². The van der Waals surface area contributed by atoms with Crippen LogP contribution in [0.5, 0.6) is 5.75 Å². The van der Waals surface area contributed by atoms with Crippen LogP contribution in [0.3, 0.4) is 0 Å². The van der Waals surface area contributed by atoms with Gasteiger partial charge in [0.15, 0.2) is 0 Å². The van der Waals surface area contributed by atoms with Gasteiger partial charge in [-0.05, 0) is 80.6 Å². The number of nitrogens with one attached hydrogen (secondary N) is 1. The summed E-state index contributed by atoms with van der Waals surface area (Å²) >= 11 is 14.0. The molecule has 0 radical (unpaired) electrons. The molecule has 1 atom stereocenters. The first-order valence-corrected chi connectivity index (χ1v) is 16.9. The Labute approximate surface area is 262 Å². The van der Waals surface area contributed by atoms with E-state index in [1.165, 1.54) is 28.8 Å². The topological polar surface area (TPSA) is 96.0 Å². The predicted octanol–water partition coefficient (Wildman–Crippen LogP) is 6.25. The molecule has 1 unspecified atom stereocenters. The minimum atomic E-state index is -4.25. The van der Waals surface area contributed by atoms with E-state index in [1.54, 1.807) is 75.4 Å². The van der Waals surface area contributed by atoms with E-state index in [-0.39, 0.29) is 29.6 Å². The summed E-state index contributed by atoms with van der Waals surface area (Å²) in [6.45, 7) is 5.40. The molecule has 0 saturated heterocycles. The van der Waals surface area contributed by atoms with Gasteiger partial charge in [0.25, 0.3) is 10.0 Å². The molecule has 8 nitrogen and oxygen atoms in total. The third-order valence-corrected chi connectivity index (χ3v) is 9.56. The molecule has 12 heteroatoms. The third kappa shape index (κ3) is 8.12. The van der Waals surface area contributed by atoms with E-state index in [2.05, 4.69) is 5.32 Å². The number of likely N-dealkylation sites (N-methyl/N-ethyl adjacent to an activating group) is 1. The number of anilines is 1. The lowest BCUT2D eigenvalue weighted by atomic mass is 10.1.